The van der Waals surface area contributed by atoms with Crippen LogP contribution in [0.4, 0.5) is 22.2 Å². The number of hydrogen-bond donors (Lipinski definition) is 2. The van der Waals surface area contributed by atoms with Crippen LogP contribution >= 0.6 is 11.6 Å². The van der Waals surface area contributed by atoms with Crippen molar-refractivity contribution in [2.75, 3.05) is 36.4 Å². The highest BCUT2D eigenvalue weighted by Crippen LogP contribution is 2.54. The number of benzene rings is 1. The van der Waals surface area contributed by atoms with Crippen LogP contribution in [-0.4, -0.2) is 55.3 Å². The number of carbonyl (C=O) groups excluding carboxylic acids is 2. The third kappa shape index (κ3) is 4.84. The minimum absolute atomic E-state index is 0.0176. The van der Waals surface area contributed by atoms with Crippen LogP contribution in [0.2, 0.25) is 5.02 Å². The van der Waals surface area contributed by atoms with Gasteiger partial charge >= 0.3 is 6.03 Å². The molecule has 10 nitrogen and oxygen atoms in total. The Kier molecular flexibility index (Phi) is 7.34. The number of anilines is 3. The maximum absolute atomic E-state index is 13.7. The Balaban J connectivity index is 1.45. The lowest BCUT2D eigenvalue weighted by molar-refractivity contribution is -0.117. The number of fused-ring (bicyclic) bond motifs is 1. The van der Waals surface area contributed by atoms with E-state index in [-0.39, 0.29) is 36.5 Å². The monoisotopic (exact) mass is 540 g/mol. The minimum atomic E-state index is -0.255. The molecule has 1 aromatic carbocycles. The fourth-order valence-electron chi connectivity index (χ4n) is 5.40. The van der Waals surface area contributed by atoms with Crippen LogP contribution in [0.3, 0.4) is 0 Å². The van der Waals surface area contributed by atoms with Gasteiger partial charge in [0.25, 0.3) is 0 Å². The van der Waals surface area contributed by atoms with Crippen molar-refractivity contribution in [1.29, 1.82) is 0 Å². The van der Waals surface area contributed by atoms with Gasteiger partial charge in [0.1, 0.15) is 22.3 Å². The number of ether oxygens (including phenoxy) is 2. The predicted octanol–water partition coefficient (Wildman–Crippen LogP) is 4.63. The standard InChI is InChI=1S/C27H33ClN6O4/c1-5-21(35)30-17-8-6-7-9-18(17)31-26-29-13-16-14-34(27(36)33(2)25(16)32-26)24-22(15-10-11-15)19(37-3)12-20(38-4)23(24)28/h5,12-13,15,17-18H,1,6-11,14H2,2-4H3,(H,30,35)(H,29,31,32). The highest BCUT2D eigenvalue weighted by atomic mass is 35.5. The molecule has 2 N–H and O–H groups in total. The molecule has 1 aliphatic heterocycles. The SMILES string of the molecule is C=CC(=O)NC1CCCCC1Nc1ncc2c(n1)N(C)C(=O)N(c1c(Cl)c(OC)cc(OC)c1C1CC1)C2. The molecule has 3 amide bonds. The topological polar surface area (TPSA) is 109 Å². The van der Waals surface area contributed by atoms with E-state index < -0.39 is 0 Å². The van der Waals surface area contributed by atoms with Crippen molar-refractivity contribution in [1.82, 2.24) is 15.3 Å². The second-order valence-electron chi connectivity index (χ2n) is 9.96. The summed E-state index contributed by atoms with van der Waals surface area (Å²) in [6.45, 7) is 3.81. The van der Waals surface area contributed by atoms with Crippen LogP contribution < -0.4 is 29.9 Å². The molecule has 0 radical (unpaired) electrons. The summed E-state index contributed by atoms with van der Waals surface area (Å²) in [6.07, 6.45) is 8.87. The molecule has 2 heterocycles. The molecule has 2 saturated carbocycles. The van der Waals surface area contributed by atoms with Gasteiger partial charge < -0.3 is 20.1 Å². The van der Waals surface area contributed by atoms with Crippen LogP contribution in [-0.2, 0) is 11.3 Å². The summed E-state index contributed by atoms with van der Waals surface area (Å²) in [5.41, 5.74) is 2.32. The smallest absolute Gasteiger partial charge is 0.330 e. The molecule has 2 unspecified atom stereocenters. The maximum atomic E-state index is 13.7. The first-order valence-corrected chi connectivity index (χ1v) is 13.3. The van der Waals surface area contributed by atoms with Gasteiger partial charge in [-0.1, -0.05) is 31.0 Å². The van der Waals surface area contributed by atoms with E-state index in [1.54, 1.807) is 38.4 Å². The van der Waals surface area contributed by atoms with E-state index in [1.807, 2.05) is 0 Å². The molecule has 5 rings (SSSR count). The lowest BCUT2D eigenvalue weighted by atomic mass is 9.90. The number of aromatic nitrogens is 2. The Hall–Kier alpha value is -3.53. The minimum Gasteiger partial charge on any atom is -0.496 e. The maximum Gasteiger partial charge on any atom is 0.330 e. The Morgan fingerprint density at radius 3 is 2.53 bits per heavy atom. The van der Waals surface area contributed by atoms with Crippen molar-refractivity contribution in [2.45, 2.75) is 63.1 Å². The Morgan fingerprint density at radius 2 is 1.87 bits per heavy atom. The number of nitrogens with zero attached hydrogens (tertiary/aromatic N) is 4. The lowest BCUT2D eigenvalue weighted by Crippen LogP contribution is -2.48. The molecular weight excluding hydrogens is 508 g/mol. The van der Waals surface area contributed by atoms with Gasteiger partial charge in [0.15, 0.2) is 0 Å². The summed E-state index contributed by atoms with van der Waals surface area (Å²) in [5, 5.41) is 6.77. The summed E-state index contributed by atoms with van der Waals surface area (Å²) >= 11 is 6.81. The average molecular weight is 541 g/mol. The van der Waals surface area contributed by atoms with E-state index in [9.17, 15) is 9.59 Å². The van der Waals surface area contributed by atoms with Gasteiger partial charge in [-0.25, -0.2) is 9.78 Å². The van der Waals surface area contributed by atoms with Crippen molar-refractivity contribution < 1.29 is 19.1 Å². The fourth-order valence-corrected chi connectivity index (χ4v) is 5.73. The molecule has 3 aliphatic rings. The lowest BCUT2D eigenvalue weighted by Gasteiger charge is -2.36. The first-order valence-electron chi connectivity index (χ1n) is 12.9. The number of urea groups is 1. The molecule has 202 valence electrons. The van der Waals surface area contributed by atoms with E-state index >= 15 is 0 Å². The number of nitrogens with one attached hydrogen (secondary N) is 2. The van der Waals surface area contributed by atoms with Crippen molar-refractivity contribution in [2.24, 2.45) is 0 Å². The van der Waals surface area contributed by atoms with Gasteiger partial charge in [0.05, 0.1) is 26.5 Å². The number of carbonyl (C=O) groups is 2. The van der Waals surface area contributed by atoms with Gasteiger partial charge in [-0.2, -0.15) is 4.98 Å². The highest BCUT2D eigenvalue weighted by Gasteiger charge is 2.39. The third-order valence-electron chi connectivity index (χ3n) is 7.50. The predicted molar refractivity (Wildman–Crippen MR) is 147 cm³/mol. The van der Waals surface area contributed by atoms with E-state index in [2.05, 4.69) is 22.2 Å². The molecule has 2 aliphatic carbocycles. The second kappa shape index (κ2) is 10.7. The number of amides is 3. The Labute approximate surface area is 227 Å². The van der Waals surface area contributed by atoms with Crippen LogP contribution in [0, 0.1) is 0 Å². The molecule has 2 atom stereocenters. The van der Waals surface area contributed by atoms with Crippen LogP contribution in [0.25, 0.3) is 0 Å². The van der Waals surface area contributed by atoms with Gasteiger partial charge in [-0.05, 0) is 37.7 Å². The Bertz CT molecular complexity index is 1270. The van der Waals surface area contributed by atoms with E-state index in [4.69, 9.17) is 26.1 Å². The van der Waals surface area contributed by atoms with Gasteiger partial charge in [-0.15, -0.1) is 0 Å². The number of hydrogen-bond acceptors (Lipinski definition) is 7. The van der Waals surface area contributed by atoms with E-state index in [0.717, 1.165) is 49.7 Å². The normalized spacial score (nSPS) is 21.0. The molecular formula is C27H33ClN6O4. The summed E-state index contributed by atoms with van der Waals surface area (Å²) in [5.74, 6) is 2.14. The summed E-state index contributed by atoms with van der Waals surface area (Å²) in [6, 6.07) is 1.46. The summed E-state index contributed by atoms with van der Waals surface area (Å²) in [7, 11) is 4.85. The van der Waals surface area contributed by atoms with Crippen molar-refractivity contribution in [3.05, 3.63) is 41.1 Å². The van der Waals surface area contributed by atoms with Crippen LogP contribution in [0.1, 0.15) is 55.6 Å². The first kappa shape index (κ1) is 26.1. The van der Waals surface area contributed by atoms with Crippen molar-refractivity contribution >= 4 is 41.0 Å². The number of rotatable bonds is 8. The van der Waals surface area contributed by atoms with Crippen LogP contribution in [0.15, 0.2) is 24.9 Å². The molecule has 0 saturated heterocycles. The molecule has 1 aromatic heterocycles. The van der Waals surface area contributed by atoms with E-state index in [0.29, 0.717) is 34.0 Å². The van der Waals surface area contributed by atoms with Crippen molar-refractivity contribution in [3.8, 4) is 11.5 Å². The summed E-state index contributed by atoms with van der Waals surface area (Å²) < 4.78 is 11.2. The third-order valence-corrected chi connectivity index (χ3v) is 7.87. The zero-order valence-corrected chi connectivity index (χ0v) is 22.7. The number of methoxy groups -OCH3 is 2. The molecule has 38 heavy (non-hydrogen) atoms. The molecule has 0 bridgehead atoms. The Morgan fingerprint density at radius 1 is 1.16 bits per heavy atom. The molecule has 2 aromatic rings. The first-order chi connectivity index (χ1) is 18.4. The van der Waals surface area contributed by atoms with Gasteiger partial charge in [0, 0.05) is 42.5 Å². The van der Waals surface area contributed by atoms with Gasteiger partial charge in [0.2, 0.25) is 11.9 Å². The highest BCUT2D eigenvalue weighted by molar-refractivity contribution is 6.36. The fraction of sp³-hybridized carbons (Fsp3) is 0.481. The quantitative estimate of drug-likeness (QED) is 0.470. The average Bonchev–Trinajstić information content (AvgIpc) is 3.77. The molecule has 0 spiro atoms. The zero-order valence-electron chi connectivity index (χ0n) is 21.9. The zero-order chi connectivity index (χ0) is 27.0. The van der Waals surface area contributed by atoms with Crippen LogP contribution in [0.5, 0.6) is 11.5 Å². The largest absolute Gasteiger partial charge is 0.496 e. The second-order valence-corrected chi connectivity index (χ2v) is 10.3. The number of halogens is 1. The van der Waals surface area contributed by atoms with E-state index in [1.165, 1.54) is 11.0 Å². The summed E-state index contributed by atoms with van der Waals surface area (Å²) in [4.78, 5) is 38.1. The molecule has 2 fully saturated rings. The van der Waals surface area contributed by atoms with Crippen molar-refractivity contribution in [3.63, 3.8) is 0 Å². The van der Waals surface area contributed by atoms with Gasteiger partial charge in [-0.3, -0.25) is 14.6 Å². The molecule has 11 heteroatoms.